The Bertz CT molecular complexity index is 811. The first-order valence-electron chi connectivity index (χ1n) is 9.77. The van der Waals surface area contributed by atoms with Crippen LogP contribution in [0.5, 0.6) is 5.75 Å². The van der Waals surface area contributed by atoms with E-state index in [1.807, 2.05) is 24.3 Å². The molecule has 0 unspecified atom stereocenters. The van der Waals surface area contributed by atoms with Crippen molar-refractivity contribution in [2.75, 3.05) is 18.2 Å². The highest BCUT2D eigenvalue weighted by Gasteiger charge is 2.42. The van der Waals surface area contributed by atoms with Crippen molar-refractivity contribution < 1.29 is 9.53 Å². The van der Waals surface area contributed by atoms with E-state index in [9.17, 15) is 4.79 Å². The lowest BCUT2D eigenvalue weighted by Gasteiger charge is -2.28. The van der Waals surface area contributed by atoms with Crippen LogP contribution in [0.25, 0.3) is 0 Å². The molecule has 2 fully saturated rings. The van der Waals surface area contributed by atoms with Crippen LogP contribution in [0.1, 0.15) is 32.6 Å². The van der Waals surface area contributed by atoms with Crippen molar-refractivity contribution in [1.29, 1.82) is 0 Å². The Morgan fingerprint density at radius 3 is 2.79 bits per heavy atom. The molecule has 2 aliphatic carbocycles. The maximum absolute atomic E-state index is 12.3. The first kappa shape index (κ1) is 19.5. The Morgan fingerprint density at radius 2 is 2.11 bits per heavy atom. The van der Waals surface area contributed by atoms with E-state index in [0.717, 1.165) is 27.6 Å². The molecule has 1 heterocycles. The second-order valence-electron chi connectivity index (χ2n) is 7.71. The van der Waals surface area contributed by atoms with E-state index in [0.29, 0.717) is 16.8 Å². The first-order valence-corrected chi connectivity index (χ1v) is 11.6. The number of amides is 1. The first-order chi connectivity index (χ1) is 13.6. The number of carbonyl (C=O) groups excluding carboxylic acids is 1. The van der Waals surface area contributed by atoms with Crippen LogP contribution in [0, 0.1) is 17.8 Å². The van der Waals surface area contributed by atoms with Gasteiger partial charge in [0.1, 0.15) is 5.75 Å². The summed E-state index contributed by atoms with van der Waals surface area (Å²) in [6.07, 6.45) is 5.39. The topological polar surface area (TPSA) is 76.1 Å². The summed E-state index contributed by atoms with van der Waals surface area (Å²) in [5.41, 5.74) is 0.922. The van der Waals surface area contributed by atoms with Crippen LogP contribution in [-0.4, -0.2) is 35.0 Å². The summed E-state index contributed by atoms with van der Waals surface area (Å²) in [6, 6.07) is 7.90. The number of carbonyl (C=O) groups is 1. The Morgan fingerprint density at radius 1 is 1.29 bits per heavy atom. The van der Waals surface area contributed by atoms with Gasteiger partial charge in [-0.2, -0.15) is 0 Å². The van der Waals surface area contributed by atoms with Crippen molar-refractivity contribution in [1.82, 2.24) is 15.5 Å². The zero-order valence-corrected chi connectivity index (χ0v) is 17.8. The summed E-state index contributed by atoms with van der Waals surface area (Å²) in [5, 5.41) is 15.5. The molecule has 2 saturated carbocycles. The molecule has 4 rings (SSSR count). The molecule has 8 heteroatoms. The summed E-state index contributed by atoms with van der Waals surface area (Å²) < 4.78 is 5.95. The normalized spacial score (nSPS) is 24.1. The zero-order valence-electron chi connectivity index (χ0n) is 16.2. The average molecular weight is 419 g/mol. The molecule has 28 heavy (non-hydrogen) atoms. The molecule has 1 aromatic heterocycles. The molecule has 1 amide bonds. The van der Waals surface area contributed by atoms with Gasteiger partial charge in [0.05, 0.1) is 12.9 Å². The predicted octanol–water partition coefficient (Wildman–Crippen LogP) is 4.32. The number of nitrogens with zero attached hydrogens (tertiary/aromatic N) is 2. The van der Waals surface area contributed by atoms with Crippen LogP contribution < -0.4 is 15.4 Å². The van der Waals surface area contributed by atoms with Crippen molar-refractivity contribution in [3.05, 3.63) is 24.3 Å². The molecule has 0 saturated heterocycles. The van der Waals surface area contributed by atoms with Crippen molar-refractivity contribution in [2.24, 2.45) is 17.8 Å². The molecule has 0 spiro atoms. The lowest BCUT2D eigenvalue weighted by atomic mass is 9.84. The Kier molecular flexibility index (Phi) is 6.06. The Hall–Kier alpha value is -1.80. The highest BCUT2D eigenvalue weighted by atomic mass is 32.2. The maximum Gasteiger partial charge on any atom is 0.230 e. The van der Waals surface area contributed by atoms with E-state index < -0.39 is 0 Å². The number of hydrogen-bond donors (Lipinski definition) is 2. The number of aromatic nitrogens is 2. The number of benzene rings is 1. The fourth-order valence-electron chi connectivity index (χ4n) is 4.55. The van der Waals surface area contributed by atoms with Crippen molar-refractivity contribution in [3.63, 3.8) is 0 Å². The number of thioether (sulfide) groups is 1. The van der Waals surface area contributed by atoms with Gasteiger partial charge in [-0.05, 0) is 68.2 Å². The Balaban J connectivity index is 1.23. The molecule has 2 aliphatic rings. The molecular weight excluding hydrogens is 392 g/mol. The van der Waals surface area contributed by atoms with Gasteiger partial charge < -0.3 is 15.4 Å². The number of fused-ring (bicyclic) bond motifs is 2. The molecule has 4 atom stereocenters. The highest BCUT2D eigenvalue weighted by Crippen LogP contribution is 2.49. The summed E-state index contributed by atoms with van der Waals surface area (Å²) in [6.45, 7) is 2.16. The SMILES string of the molecule is COc1ccc(Nc2nnc(SCC(=O)N[C@@H](C)[C@H]3C[C@H]4CC[C@H]3C4)s2)cc1. The molecule has 2 bridgehead atoms. The van der Waals surface area contributed by atoms with Crippen molar-refractivity contribution in [3.8, 4) is 5.75 Å². The van der Waals surface area contributed by atoms with E-state index in [1.54, 1.807) is 7.11 Å². The second kappa shape index (κ2) is 8.69. The lowest BCUT2D eigenvalue weighted by Crippen LogP contribution is -2.40. The lowest BCUT2D eigenvalue weighted by molar-refractivity contribution is -0.119. The molecule has 150 valence electrons. The van der Waals surface area contributed by atoms with Gasteiger partial charge >= 0.3 is 0 Å². The largest absolute Gasteiger partial charge is 0.497 e. The smallest absolute Gasteiger partial charge is 0.230 e. The third kappa shape index (κ3) is 4.60. The third-order valence-electron chi connectivity index (χ3n) is 5.90. The molecule has 6 nitrogen and oxygen atoms in total. The summed E-state index contributed by atoms with van der Waals surface area (Å²) >= 11 is 2.89. The van der Waals surface area contributed by atoms with E-state index in [2.05, 4.69) is 27.8 Å². The van der Waals surface area contributed by atoms with Crippen LogP contribution in [-0.2, 0) is 4.79 Å². The number of hydrogen-bond acceptors (Lipinski definition) is 7. The van der Waals surface area contributed by atoms with Gasteiger partial charge in [0.2, 0.25) is 11.0 Å². The van der Waals surface area contributed by atoms with Crippen LogP contribution in [0.3, 0.4) is 0 Å². The predicted molar refractivity (Wildman–Crippen MR) is 113 cm³/mol. The van der Waals surface area contributed by atoms with Gasteiger partial charge in [0.15, 0.2) is 4.34 Å². The fourth-order valence-corrected chi connectivity index (χ4v) is 6.14. The zero-order chi connectivity index (χ0) is 19.5. The van der Waals surface area contributed by atoms with Gasteiger partial charge in [0.25, 0.3) is 0 Å². The van der Waals surface area contributed by atoms with E-state index >= 15 is 0 Å². The number of rotatable bonds is 8. The van der Waals surface area contributed by atoms with Crippen LogP contribution in [0.2, 0.25) is 0 Å². The van der Waals surface area contributed by atoms with Gasteiger partial charge in [-0.1, -0.05) is 29.5 Å². The van der Waals surface area contributed by atoms with Gasteiger partial charge in [-0.3, -0.25) is 4.79 Å². The van der Waals surface area contributed by atoms with Crippen LogP contribution in [0.4, 0.5) is 10.8 Å². The van der Waals surface area contributed by atoms with E-state index in [4.69, 9.17) is 4.74 Å². The summed E-state index contributed by atoms with van der Waals surface area (Å²) in [5.74, 6) is 3.66. The molecule has 0 aliphatic heterocycles. The van der Waals surface area contributed by atoms with Gasteiger partial charge in [-0.25, -0.2) is 0 Å². The number of nitrogens with one attached hydrogen (secondary N) is 2. The number of anilines is 2. The molecule has 2 N–H and O–H groups in total. The second-order valence-corrected chi connectivity index (χ2v) is 9.91. The summed E-state index contributed by atoms with van der Waals surface area (Å²) in [4.78, 5) is 12.3. The van der Waals surface area contributed by atoms with Crippen LogP contribution in [0.15, 0.2) is 28.6 Å². The minimum Gasteiger partial charge on any atom is -0.497 e. The van der Waals surface area contributed by atoms with Gasteiger partial charge in [-0.15, -0.1) is 10.2 Å². The quantitative estimate of drug-likeness (QED) is 0.622. The molecule has 2 aromatic rings. The third-order valence-corrected chi connectivity index (χ3v) is 7.87. The van der Waals surface area contributed by atoms with Gasteiger partial charge in [0, 0.05) is 11.7 Å². The summed E-state index contributed by atoms with van der Waals surface area (Å²) in [7, 11) is 1.64. The maximum atomic E-state index is 12.3. The minimum atomic E-state index is 0.0835. The number of methoxy groups -OCH3 is 1. The Labute approximate surface area is 173 Å². The monoisotopic (exact) mass is 418 g/mol. The molecule has 1 aromatic carbocycles. The number of ether oxygens (including phenoxy) is 1. The van der Waals surface area contributed by atoms with Crippen molar-refractivity contribution >= 4 is 39.8 Å². The molecular formula is C20H26N4O2S2. The standard InChI is InChI=1S/C20H26N4O2S2/c1-12(17-10-13-3-4-14(17)9-13)21-18(25)11-27-20-24-23-19(28-20)22-15-5-7-16(26-2)8-6-15/h5-8,12-14,17H,3-4,9-11H2,1-2H3,(H,21,25)(H,22,23)/t12-,13-,14-,17+/m0/s1. The molecule has 0 radical (unpaired) electrons. The van der Waals surface area contributed by atoms with Crippen molar-refractivity contribution in [2.45, 2.75) is 43.0 Å². The van der Waals surface area contributed by atoms with Crippen LogP contribution >= 0.6 is 23.1 Å². The fraction of sp³-hybridized carbons (Fsp3) is 0.550. The average Bonchev–Trinajstić information content (AvgIpc) is 3.44. The van der Waals surface area contributed by atoms with E-state index in [1.165, 1.54) is 48.8 Å². The van der Waals surface area contributed by atoms with E-state index in [-0.39, 0.29) is 11.9 Å². The highest BCUT2D eigenvalue weighted by molar-refractivity contribution is 8.01. The minimum absolute atomic E-state index is 0.0835.